The Hall–Kier alpha value is -5.00. The zero-order valence-corrected chi connectivity index (χ0v) is 47.3. The molecule has 0 fully saturated rings. The van der Waals surface area contributed by atoms with E-state index in [4.69, 9.17) is 9.97 Å². The highest BCUT2D eigenvalue weighted by molar-refractivity contribution is 7.19. The van der Waals surface area contributed by atoms with Crippen LogP contribution >= 0.6 is 22.7 Å². The van der Waals surface area contributed by atoms with Crippen LogP contribution in [0.2, 0.25) is 0 Å². The molecule has 0 amide bonds. The van der Waals surface area contributed by atoms with Gasteiger partial charge in [0.25, 0.3) is 22.2 Å². The highest BCUT2D eigenvalue weighted by atomic mass is 32.1. The van der Waals surface area contributed by atoms with Gasteiger partial charge >= 0.3 is 0 Å². The third-order valence-electron chi connectivity index (χ3n) is 15.8. The Morgan fingerprint density at radius 3 is 1.30 bits per heavy atom. The highest BCUT2D eigenvalue weighted by Crippen LogP contribution is 2.45. The SMILES string of the molecule is CCCCCCCCC(CCCCCCCC)n1c2cc(C)ncc2c2cnc(-c3ccc(-c4c5c(=O)n(CCCCCCCC)c(=O)c5c(-c5ccc(C)s5)c5c(=O)n(CCCCCCCC)c(=O)c45)s3)cc21. The van der Waals surface area contributed by atoms with Crippen molar-refractivity contribution >= 4 is 66.0 Å². The lowest BCUT2D eigenvalue weighted by Crippen LogP contribution is -2.26. The van der Waals surface area contributed by atoms with E-state index in [2.05, 4.69) is 51.3 Å². The zero-order valence-electron chi connectivity index (χ0n) is 45.7. The Labute approximate surface area is 447 Å². The molecule has 1 aromatic carbocycles. The quantitative estimate of drug-likeness (QED) is 0.0389. The van der Waals surface area contributed by atoms with Crippen LogP contribution in [0.1, 0.15) is 211 Å². The van der Waals surface area contributed by atoms with Crippen LogP contribution in [0.5, 0.6) is 0 Å². The van der Waals surface area contributed by atoms with E-state index in [0.717, 1.165) is 119 Å². The molecule has 11 heteroatoms. The normalized spacial score (nSPS) is 12.1. The summed E-state index contributed by atoms with van der Waals surface area (Å²) < 4.78 is 5.39. The Balaban J connectivity index is 1.28. The minimum atomic E-state index is -0.384. The monoisotopic (exact) mass is 1040 g/mol. The van der Waals surface area contributed by atoms with Crippen molar-refractivity contribution in [2.24, 2.45) is 0 Å². The van der Waals surface area contributed by atoms with Crippen LogP contribution < -0.4 is 22.2 Å². The van der Waals surface area contributed by atoms with E-state index in [-0.39, 0.29) is 43.8 Å². The topological polar surface area (TPSA) is 109 Å². The number of hydrogen-bond donors (Lipinski definition) is 0. The van der Waals surface area contributed by atoms with Gasteiger partial charge in [-0.05, 0) is 75.9 Å². The second-order valence-electron chi connectivity index (χ2n) is 21.4. The Bertz CT molecular complexity index is 3220. The fraction of sp³-hybridized carbons (Fsp3) is 0.556. The molecule has 0 aliphatic rings. The number of fused-ring (bicyclic) bond motifs is 5. The number of pyridine rings is 2. The lowest BCUT2D eigenvalue weighted by Gasteiger charge is -2.22. The molecule has 7 heterocycles. The van der Waals surface area contributed by atoms with E-state index < -0.39 is 0 Å². The van der Waals surface area contributed by atoms with Crippen LogP contribution in [0.3, 0.4) is 0 Å². The zero-order chi connectivity index (χ0) is 52.1. The molecule has 8 aromatic rings. The van der Waals surface area contributed by atoms with E-state index in [1.807, 2.05) is 43.6 Å². The van der Waals surface area contributed by atoms with Gasteiger partial charge < -0.3 is 4.57 Å². The van der Waals surface area contributed by atoms with Crippen molar-refractivity contribution in [1.29, 1.82) is 0 Å². The smallest absolute Gasteiger partial charge is 0.262 e. The van der Waals surface area contributed by atoms with Crippen LogP contribution in [0, 0.1) is 13.8 Å². The predicted octanol–water partition coefficient (Wildman–Crippen LogP) is 17.3. The summed E-state index contributed by atoms with van der Waals surface area (Å²) in [6, 6.07) is 12.7. The third kappa shape index (κ3) is 12.1. The summed E-state index contributed by atoms with van der Waals surface area (Å²) in [5, 5.41) is 3.20. The molecule has 0 atom stereocenters. The molecule has 396 valence electrons. The number of unbranched alkanes of at least 4 members (excludes halogenated alkanes) is 20. The first-order valence-corrected chi connectivity index (χ1v) is 30.7. The molecule has 0 unspecified atom stereocenters. The van der Waals surface area contributed by atoms with Gasteiger partial charge in [0.15, 0.2) is 0 Å². The lowest BCUT2D eigenvalue weighted by atomic mass is 9.95. The van der Waals surface area contributed by atoms with E-state index in [1.165, 1.54) is 114 Å². The number of aryl methyl sites for hydroxylation is 2. The summed E-state index contributed by atoms with van der Waals surface area (Å²) in [5.41, 5.74) is 3.46. The molecule has 0 saturated heterocycles. The number of nitrogens with zero attached hydrogens (tertiary/aromatic N) is 5. The first kappa shape index (κ1) is 55.2. The van der Waals surface area contributed by atoms with Crippen LogP contribution in [-0.2, 0) is 13.1 Å². The summed E-state index contributed by atoms with van der Waals surface area (Å²) in [4.78, 5) is 73.5. The van der Waals surface area contributed by atoms with Crippen LogP contribution in [-0.4, -0.2) is 23.7 Å². The number of thiophene rings is 2. The minimum absolute atomic E-state index is 0.246. The van der Waals surface area contributed by atoms with E-state index in [1.54, 1.807) is 0 Å². The average Bonchev–Trinajstić information content (AvgIpc) is 4.23. The summed E-state index contributed by atoms with van der Waals surface area (Å²) in [6.45, 7) is 13.6. The van der Waals surface area contributed by atoms with E-state index in [0.29, 0.717) is 48.0 Å². The van der Waals surface area contributed by atoms with Gasteiger partial charge in [-0.15, -0.1) is 22.7 Å². The largest absolute Gasteiger partial charge is 0.337 e. The fourth-order valence-electron chi connectivity index (χ4n) is 11.7. The van der Waals surface area contributed by atoms with E-state index in [9.17, 15) is 9.59 Å². The second-order valence-corrected chi connectivity index (χ2v) is 23.8. The number of aromatic nitrogens is 5. The maximum Gasteiger partial charge on any atom is 0.262 e. The summed E-state index contributed by atoms with van der Waals surface area (Å²) >= 11 is 2.97. The molecule has 0 aliphatic carbocycles. The van der Waals surface area contributed by atoms with Crippen LogP contribution in [0.4, 0.5) is 0 Å². The van der Waals surface area contributed by atoms with Gasteiger partial charge in [-0.25, -0.2) is 0 Å². The molecule has 0 N–H and O–H groups in total. The van der Waals surface area contributed by atoms with Gasteiger partial charge in [0.2, 0.25) is 0 Å². The highest BCUT2D eigenvalue weighted by Gasteiger charge is 2.32. The molecule has 9 nitrogen and oxygen atoms in total. The van der Waals surface area contributed by atoms with E-state index >= 15 is 9.59 Å². The minimum Gasteiger partial charge on any atom is -0.337 e. The third-order valence-corrected chi connectivity index (χ3v) is 17.9. The molecule has 0 radical (unpaired) electrons. The Kier molecular flexibility index (Phi) is 19.9. The first-order valence-electron chi connectivity index (χ1n) is 29.0. The summed E-state index contributed by atoms with van der Waals surface area (Å²) in [6.07, 6.45) is 33.5. The predicted molar refractivity (Wildman–Crippen MR) is 317 cm³/mol. The van der Waals surface area contributed by atoms with Crippen LogP contribution in [0.15, 0.2) is 68.0 Å². The molecule has 7 aromatic heterocycles. The van der Waals surface area contributed by atoms with Gasteiger partial charge in [0.05, 0.1) is 43.1 Å². The van der Waals surface area contributed by atoms with Gasteiger partial charge in [0.1, 0.15) is 0 Å². The fourth-order valence-corrected chi connectivity index (χ4v) is 13.6. The number of benzene rings is 1. The van der Waals surface area contributed by atoms with Crippen molar-refractivity contribution in [2.45, 2.75) is 228 Å². The number of hydrogen-bond acceptors (Lipinski definition) is 8. The van der Waals surface area contributed by atoms with Crippen molar-refractivity contribution in [3.63, 3.8) is 0 Å². The maximum atomic E-state index is 15.1. The van der Waals surface area contributed by atoms with Gasteiger partial charge in [-0.3, -0.25) is 38.3 Å². The number of rotatable bonds is 32. The average molecular weight is 1040 g/mol. The van der Waals surface area contributed by atoms with Crippen molar-refractivity contribution in [3.05, 3.63) is 101 Å². The van der Waals surface area contributed by atoms with Crippen molar-refractivity contribution < 1.29 is 0 Å². The lowest BCUT2D eigenvalue weighted by molar-refractivity contribution is 0.410. The Morgan fingerprint density at radius 2 is 0.838 bits per heavy atom. The van der Waals surface area contributed by atoms with Crippen molar-refractivity contribution in [2.75, 3.05) is 0 Å². The molecule has 8 rings (SSSR count). The maximum absolute atomic E-state index is 15.1. The summed E-state index contributed by atoms with van der Waals surface area (Å²) in [7, 11) is 0. The molecule has 0 saturated carbocycles. The van der Waals surface area contributed by atoms with Crippen molar-refractivity contribution in [1.82, 2.24) is 23.7 Å². The van der Waals surface area contributed by atoms with Crippen molar-refractivity contribution in [3.8, 4) is 31.5 Å². The van der Waals surface area contributed by atoms with Gasteiger partial charge in [-0.2, -0.15) is 0 Å². The van der Waals surface area contributed by atoms with Gasteiger partial charge in [-0.1, -0.05) is 169 Å². The molecule has 0 aliphatic heterocycles. The summed E-state index contributed by atoms with van der Waals surface area (Å²) in [5.74, 6) is 0. The van der Waals surface area contributed by atoms with Crippen LogP contribution in [0.25, 0.3) is 74.8 Å². The molecule has 0 spiro atoms. The molecule has 74 heavy (non-hydrogen) atoms. The Morgan fingerprint density at radius 1 is 0.446 bits per heavy atom. The first-order chi connectivity index (χ1) is 36.1. The standard InChI is InChI=1S/C63H83N5O4S2/c1-7-11-15-19-23-27-31-45(32-28-24-20-16-12-8-2)68-49-39-43(5)64-41-46(49)47-42-65-48(40-50(47)68)51-35-36-53(74-51)55-58-56(60(69)66(62(58)71)37-29-25-21-17-13-9-3)54(52-34-33-44(6)73-52)57-59(55)63(72)67(61(57)70)38-30-26-22-18-14-10-4/h33-36,39-42,45H,7-32,37-38H2,1-6H3. The molecular formula is C63H83N5O4S2. The van der Waals surface area contributed by atoms with Gasteiger partial charge in [0, 0.05) is 73.7 Å². The second kappa shape index (κ2) is 26.7. The molecular weight excluding hydrogens is 955 g/mol. The molecule has 0 bridgehead atoms.